The summed E-state index contributed by atoms with van der Waals surface area (Å²) in [5, 5.41) is 2.83. The fourth-order valence-electron chi connectivity index (χ4n) is 3.08. The summed E-state index contributed by atoms with van der Waals surface area (Å²) in [7, 11) is 0. The highest BCUT2D eigenvalue weighted by Crippen LogP contribution is 2.21. The van der Waals surface area contributed by atoms with E-state index in [1.165, 1.54) is 0 Å². The number of hydrogen-bond acceptors (Lipinski definition) is 2. The number of carbonyl (C=O) groups is 2. The van der Waals surface area contributed by atoms with Crippen LogP contribution in [0.4, 0.5) is 4.79 Å². The minimum Gasteiger partial charge on any atom is -0.327 e. The van der Waals surface area contributed by atoms with E-state index in [2.05, 4.69) is 17.2 Å². The third kappa shape index (κ3) is 4.73. The molecule has 1 aliphatic rings. The highest BCUT2D eigenvalue weighted by Gasteiger charge is 2.27. The van der Waals surface area contributed by atoms with Gasteiger partial charge in [-0.3, -0.25) is 4.79 Å². The molecule has 4 heteroatoms. The quantitative estimate of drug-likeness (QED) is 0.684. The fourth-order valence-corrected chi connectivity index (χ4v) is 3.08. The smallest absolute Gasteiger partial charge is 0.318 e. The van der Waals surface area contributed by atoms with Gasteiger partial charge in [0, 0.05) is 30.1 Å². The van der Waals surface area contributed by atoms with E-state index in [0.29, 0.717) is 32.5 Å². The minimum atomic E-state index is -0.113. The highest BCUT2D eigenvalue weighted by molar-refractivity contribution is 5.97. The number of piperidine rings is 1. The molecule has 0 bridgehead atoms. The van der Waals surface area contributed by atoms with Crippen molar-refractivity contribution in [3.63, 3.8) is 0 Å². The van der Waals surface area contributed by atoms with Crippen molar-refractivity contribution < 1.29 is 9.59 Å². The first-order chi connectivity index (χ1) is 12.7. The van der Waals surface area contributed by atoms with E-state index in [0.717, 1.165) is 11.1 Å². The Morgan fingerprint density at radius 1 is 0.962 bits per heavy atom. The van der Waals surface area contributed by atoms with Crippen LogP contribution in [0.25, 0.3) is 0 Å². The molecule has 4 nitrogen and oxygen atoms in total. The normalized spacial score (nSPS) is 14.2. The number of Topliss-reactive ketones (excluding diaryl/α,β-unsaturated/α-hetero) is 1. The molecular formula is C22H22N2O2. The molecule has 2 amide bonds. The molecular weight excluding hydrogens is 324 g/mol. The van der Waals surface area contributed by atoms with Crippen LogP contribution in [0.3, 0.4) is 0 Å². The predicted octanol–water partition coefficient (Wildman–Crippen LogP) is 3.34. The number of ketones is 1. The van der Waals surface area contributed by atoms with Crippen LogP contribution in [0, 0.1) is 17.8 Å². The molecule has 132 valence electrons. The zero-order chi connectivity index (χ0) is 18.2. The second kappa shape index (κ2) is 8.87. The van der Waals surface area contributed by atoms with Crippen LogP contribution in [0.15, 0.2) is 60.7 Å². The number of hydrogen-bond donors (Lipinski definition) is 1. The van der Waals surface area contributed by atoms with Gasteiger partial charge in [-0.2, -0.15) is 0 Å². The van der Waals surface area contributed by atoms with Gasteiger partial charge in [0.1, 0.15) is 0 Å². The van der Waals surface area contributed by atoms with Crippen molar-refractivity contribution >= 4 is 11.8 Å². The molecule has 0 spiro atoms. The second-order valence-corrected chi connectivity index (χ2v) is 6.32. The maximum atomic E-state index is 12.5. The lowest BCUT2D eigenvalue weighted by molar-refractivity contribution is 0.0855. The summed E-state index contributed by atoms with van der Waals surface area (Å²) in [5.74, 6) is 6.15. The Kier molecular flexibility index (Phi) is 6.05. The van der Waals surface area contributed by atoms with Gasteiger partial charge in [-0.1, -0.05) is 60.4 Å². The highest BCUT2D eigenvalue weighted by atomic mass is 16.2. The maximum Gasteiger partial charge on any atom is 0.318 e. The summed E-state index contributed by atoms with van der Waals surface area (Å²) in [6, 6.07) is 18.9. The number of likely N-dealkylation sites (tertiary alicyclic amines) is 1. The molecule has 0 saturated carbocycles. The van der Waals surface area contributed by atoms with Crippen molar-refractivity contribution in [2.75, 3.05) is 19.6 Å². The van der Waals surface area contributed by atoms with Crippen molar-refractivity contribution in [1.82, 2.24) is 10.2 Å². The molecule has 1 N–H and O–H groups in total. The first-order valence-electron chi connectivity index (χ1n) is 8.90. The Bertz CT molecular complexity index is 798. The van der Waals surface area contributed by atoms with Gasteiger partial charge in [0.2, 0.25) is 0 Å². The Morgan fingerprint density at radius 2 is 1.58 bits per heavy atom. The lowest BCUT2D eigenvalue weighted by Crippen LogP contribution is -2.45. The van der Waals surface area contributed by atoms with Crippen molar-refractivity contribution in [2.24, 2.45) is 5.92 Å². The largest absolute Gasteiger partial charge is 0.327 e. The van der Waals surface area contributed by atoms with Gasteiger partial charge < -0.3 is 10.2 Å². The molecule has 1 fully saturated rings. The summed E-state index contributed by atoms with van der Waals surface area (Å²) >= 11 is 0. The van der Waals surface area contributed by atoms with Crippen LogP contribution in [0.1, 0.15) is 28.8 Å². The summed E-state index contributed by atoms with van der Waals surface area (Å²) in [6.07, 6.45) is 1.41. The lowest BCUT2D eigenvalue weighted by atomic mass is 9.89. The molecule has 3 rings (SSSR count). The zero-order valence-electron chi connectivity index (χ0n) is 14.7. The van der Waals surface area contributed by atoms with Crippen LogP contribution >= 0.6 is 0 Å². The van der Waals surface area contributed by atoms with E-state index >= 15 is 0 Å². The Labute approximate surface area is 154 Å². The van der Waals surface area contributed by atoms with Crippen LogP contribution < -0.4 is 5.32 Å². The van der Waals surface area contributed by atoms with Crippen molar-refractivity contribution in [3.8, 4) is 11.8 Å². The number of nitrogens with one attached hydrogen (secondary N) is 1. The molecule has 0 aliphatic carbocycles. The lowest BCUT2D eigenvalue weighted by Gasteiger charge is -2.31. The average Bonchev–Trinajstić information content (AvgIpc) is 2.72. The van der Waals surface area contributed by atoms with E-state index < -0.39 is 0 Å². The fraction of sp³-hybridized carbons (Fsp3) is 0.273. The molecule has 1 aliphatic heterocycles. The standard InChI is InChI=1S/C22H22N2O2/c25-21(19-11-5-2-6-12-19)20-13-16-24(17-14-20)22(26)23-15-7-10-18-8-3-1-4-9-18/h1-6,8-9,11-12,20H,13-17H2,(H,23,26). The van der Waals surface area contributed by atoms with Crippen LogP contribution in [0.2, 0.25) is 0 Å². The van der Waals surface area contributed by atoms with Gasteiger partial charge >= 0.3 is 6.03 Å². The van der Waals surface area contributed by atoms with Gasteiger partial charge in [0.05, 0.1) is 6.54 Å². The van der Waals surface area contributed by atoms with Crippen LogP contribution in [0.5, 0.6) is 0 Å². The number of carbonyl (C=O) groups excluding carboxylic acids is 2. The third-order valence-corrected chi connectivity index (χ3v) is 4.55. The van der Waals surface area contributed by atoms with Gasteiger partial charge in [-0.15, -0.1) is 0 Å². The number of rotatable bonds is 3. The summed E-state index contributed by atoms with van der Waals surface area (Å²) in [5.41, 5.74) is 1.69. The monoisotopic (exact) mass is 346 g/mol. The first-order valence-corrected chi connectivity index (χ1v) is 8.90. The Hall–Kier alpha value is -3.06. The molecule has 2 aromatic rings. The molecule has 26 heavy (non-hydrogen) atoms. The van der Waals surface area contributed by atoms with Gasteiger partial charge in [0.15, 0.2) is 5.78 Å². The molecule has 2 aromatic carbocycles. The minimum absolute atomic E-state index is 0.000628. The molecule has 0 aromatic heterocycles. The maximum absolute atomic E-state index is 12.5. The molecule has 1 saturated heterocycles. The first kappa shape index (κ1) is 17.8. The van der Waals surface area contributed by atoms with Crippen molar-refractivity contribution in [1.29, 1.82) is 0 Å². The van der Waals surface area contributed by atoms with Crippen LogP contribution in [-0.4, -0.2) is 36.3 Å². The molecule has 0 atom stereocenters. The Balaban J connectivity index is 1.44. The topological polar surface area (TPSA) is 49.4 Å². The zero-order valence-corrected chi connectivity index (χ0v) is 14.7. The molecule has 0 unspecified atom stereocenters. The summed E-state index contributed by atoms with van der Waals surface area (Å²) < 4.78 is 0. The van der Waals surface area contributed by atoms with Gasteiger partial charge in [0.25, 0.3) is 0 Å². The number of benzene rings is 2. The van der Waals surface area contributed by atoms with E-state index in [4.69, 9.17) is 0 Å². The number of urea groups is 1. The van der Waals surface area contributed by atoms with Crippen LogP contribution in [-0.2, 0) is 0 Å². The summed E-state index contributed by atoms with van der Waals surface area (Å²) in [6.45, 7) is 1.51. The van der Waals surface area contributed by atoms with E-state index in [-0.39, 0.29) is 17.7 Å². The van der Waals surface area contributed by atoms with Crippen molar-refractivity contribution in [3.05, 3.63) is 71.8 Å². The second-order valence-electron chi connectivity index (χ2n) is 6.32. The number of amides is 2. The SMILES string of the molecule is O=C(c1ccccc1)C1CCN(C(=O)NCC#Cc2ccccc2)CC1. The average molecular weight is 346 g/mol. The van der Waals surface area contributed by atoms with E-state index in [1.54, 1.807) is 4.90 Å². The van der Waals surface area contributed by atoms with Crippen molar-refractivity contribution in [2.45, 2.75) is 12.8 Å². The number of nitrogens with zero attached hydrogens (tertiary/aromatic N) is 1. The van der Waals surface area contributed by atoms with Gasteiger partial charge in [-0.05, 0) is 25.0 Å². The third-order valence-electron chi connectivity index (χ3n) is 4.55. The summed E-state index contributed by atoms with van der Waals surface area (Å²) in [4.78, 5) is 26.5. The molecule has 1 heterocycles. The molecule has 0 radical (unpaired) electrons. The van der Waals surface area contributed by atoms with E-state index in [9.17, 15) is 9.59 Å². The van der Waals surface area contributed by atoms with Gasteiger partial charge in [-0.25, -0.2) is 4.79 Å². The predicted molar refractivity (Wildman–Crippen MR) is 102 cm³/mol. The van der Waals surface area contributed by atoms with E-state index in [1.807, 2.05) is 60.7 Å². The Morgan fingerprint density at radius 3 is 2.23 bits per heavy atom.